The number of hydrogen-bond acceptors (Lipinski definition) is 6. The van der Waals surface area contributed by atoms with Crippen LogP contribution in [0.3, 0.4) is 0 Å². The van der Waals surface area contributed by atoms with Crippen LogP contribution in [0.25, 0.3) is 21.9 Å². The van der Waals surface area contributed by atoms with Crippen LogP contribution in [0.5, 0.6) is 5.75 Å². The topological polar surface area (TPSA) is 139 Å². The molecular weight excluding hydrogens is 761 g/mol. The molecule has 2 bridgehead atoms. The maximum Gasteiger partial charge on any atom is 0.490 e. The van der Waals surface area contributed by atoms with Crippen molar-refractivity contribution < 1.29 is 51.0 Å². The van der Waals surface area contributed by atoms with Gasteiger partial charge in [0.1, 0.15) is 5.75 Å². The maximum atomic E-state index is 16.6. The number of nitrogens with one attached hydrogen (secondary N) is 1. The SMILES string of the molecule is NC1CC2CCC(C1)N2C(=O)[C@@H](NC(=O)C(=O)c1ccc2cc(OC3CCCC3)ccc2c1)C(F)(F)c1ccc(-c2ccc(Cl)cc2)cc1.O=C(O)C(F)(F)F. The number of benzene rings is 4. The van der Waals surface area contributed by atoms with E-state index in [9.17, 15) is 27.6 Å². The number of carboxylic acid groups (broad SMARTS) is 1. The number of piperidine rings is 1. The Balaban J connectivity index is 0.000000695. The second-order valence-corrected chi connectivity index (χ2v) is 14.8. The Bertz CT molecular complexity index is 2080. The van der Waals surface area contributed by atoms with E-state index in [1.165, 1.54) is 35.2 Å². The van der Waals surface area contributed by atoms with Crippen LogP contribution in [-0.4, -0.2) is 70.0 Å². The van der Waals surface area contributed by atoms with Crippen molar-refractivity contribution in [1.82, 2.24) is 10.2 Å². The smallest absolute Gasteiger partial charge is 0.490 e. The standard InChI is InChI=1S/C39H38ClF2N3O4.C2HF3O2/c40-29-14-9-24(10-15-29)23-7-12-28(13-8-23)39(41,42)36(38(48)45-31-16-17-32(45)22-30(43)21-31)44-37(47)35(46)27-6-5-26-20-34(18-11-25(26)19-27)49-33-3-1-2-4-33;3-2(4,5)1(6)7/h5-15,18-20,30-33,36H,1-4,16-17,21-22,43H2,(H,44,47);(H,6,7)/t30?,31?,32?,36-;/m1./s1. The van der Waals surface area contributed by atoms with Gasteiger partial charge >= 0.3 is 18.1 Å². The predicted molar refractivity (Wildman–Crippen MR) is 198 cm³/mol. The monoisotopic (exact) mass is 799 g/mol. The van der Waals surface area contributed by atoms with Gasteiger partial charge in [0.2, 0.25) is 5.78 Å². The third kappa shape index (κ3) is 9.13. The fraction of sp³-hybridized carbons (Fsp3) is 0.366. The molecule has 3 fully saturated rings. The summed E-state index contributed by atoms with van der Waals surface area (Å²) in [6, 6.07) is 19.7. The molecule has 0 radical (unpaired) electrons. The lowest BCUT2D eigenvalue weighted by atomic mass is 9.93. The number of carboxylic acids is 1. The lowest BCUT2D eigenvalue weighted by molar-refractivity contribution is -0.192. The van der Waals surface area contributed by atoms with Crippen LogP contribution in [0.1, 0.15) is 67.3 Å². The van der Waals surface area contributed by atoms with Crippen molar-refractivity contribution in [3.05, 3.63) is 101 Å². The van der Waals surface area contributed by atoms with Crippen molar-refractivity contribution in [2.24, 2.45) is 5.73 Å². The largest absolute Gasteiger partial charge is 0.490 e. The van der Waals surface area contributed by atoms with E-state index < -0.39 is 47.3 Å². The summed E-state index contributed by atoms with van der Waals surface area (Å²) in [4.78, 5) is 51.4. The molecule has 3 aliphatic rings. The molecular formula is C41H39ClF5N3O6. The third-order valence-electron chi connectivity index (χ3n) is 10.5. The number of carbonyl (C=O) groups excluding carboxylic acids is 3. The summed E-state index contributed by atoms with van der Waals surface area (Å²) >= 11 is 6.00. The number of alkyl halides is 5. The average Bonchev–Trinajstić information content (AvgIpc) is 3.78. The number of rotatable bonds is 9. The number of aliphatic carboxylic acids is 1. The van der Waals surface area contributed by atoms with Crippen molar-refractivity contribution in [3.8, 4) is 16.9 Å². The van der Waals surface area contributed by atoms with Gasteiger partial charge in [0, 0.05) is 34.3 Å². The van der Waals surface area contributed by atoms with E-state index in [1.54, 1.807) is 42.5 Å². The Morgan fingerprint density at radius 3 is 1.89 bits per heavy atom. The first-order valence-corrected chi connectivity index (χ1v) is 18.6. The molecule has 56 heavy (non-hydrogen) atoms. The van der Waals surface area contributed by atoms with E-state index in [2.05, 4.69) is 5.32 Å². The highest BCUT2D eigenvalue weighted by Gasteiger charge is 2.53. The lowest BCUT2D eigenvalue weighted by Gasteiger charge is -2.41. The van der Waals surface area contributed by atoms with Crippen LogP contribution in [0.4, 0.5) is 22.0 Å². The third-order valence-corrected chi connectivity index (χ3v) is 10.7. The highest BCUT2D eigenvalue weighted by Crippen LogP contribution is 2.40. The van der Waals surface area contributed by atoms with Gasteiger partial charge in [-0.05, 0) is 104 Å². The molecule has 2 aliphatic heterocycles. The molecule has 0 aromatic heterocycles. The minimum Gasteiger partial charge on any atom is -0.490 e. The van der Waals surface area contributed by atoms with Crippen LogP contribution in [0.2, 0.25) is 5.02 Å². The minimum atomic E-state index is -5.08. The van der Waals surface area contributed by atoms with E-state index >= 15 is 8.78 Å². The van der Waals surface area contributed by atoms with Gasteiger partial charge in [-0.2, -0.15) is 22.0 Å². The second-order valence-electron chi connectivity index (χ2n) is 14.4. The number of halogens is 6. The van der Waals surface area contributed by atoms with E-state index in [-0.39, 0.29) is 29.8 Å². The van der Waals surface area contributed by atoms with Crippen molar-refractivity contribution in [2.75, 3.05) is 0 Å². The Labute approximate surface area is 323 Å². The summed E-state index contributed by atoms with van der Waals surface area (Å²) in [5, 5.41) is 11.4. The summed E-state index contributed by atoms with van der Waals surface area (Å²) in [6.45, 7) is 0. The molecule has 3 atom stereocenters. The molecule has 2 amide bonds. The number of nitrogens with zero attached hydrogens (tertiary/aromatic N) is 1. The molecule has 4 aromatic carbocycles. The van der Waals surface area contributed by atoms with Crippen LogP contribution in [-0.2, 0) is 20.3 Å². The minimum absolute atomic E-state index is 0.0281. The maximum absolute atomic E-state index is 16.6. The number of Topliss-reactive ketones (excluding diaryl/α,β-unsaturated/α-hetero) is 1. The van der Waals surface area contributed by atoms with Gasteiger partial charge in [0.05, 0.1) is 6.10 Å². The number of hydrogen-bond donors (Lipinski definition) is 3. The Hall–Kier alpha value is -5.08. The van der Waals surface area contributed by atoms with Crippen LogP contribution in [0.15, 0.2) is 84.9 Å². The van der Waals surface area contributed by atoms with Crippen LogP contribution < -0.4 is 15.8 Å². The van der Waals surface area contributed by atoms with E-state index in [0.29, 0.717) is 41.7 Å². The van der Waals surface area contributed by atoms with Crippen LogP contribution in [0, 0.1) is 0 Å². The first-order chi connectivity index (χ1) is 26.5. The predicted octanol–water partition coefficient (Wildman–Crippen LogP) is 8.06. The zero-order chi connectivity index (χ0) is 40.4. The molecule has 2 saturated heterocycles. The first-order valence-electron chi connectivity index (χ1n) is 18.2. The van der Waals surface area contributed by atoms with Crippen molar-refractivity contribution in [2.45, 2.75) is 93.7 Å². The molecule has 1 saturated carbocycles. The number of nitrogens with two attached hydrogens (primary N) is 1. The quantitative estimate of drug-likeness (QED) is 0.0885. The number of fused-ring (bicyclic) bond motifs is 3. The van der Waals surface area contributed by atoms with Crippen molar-refractivity contribution in [3.63, 3.8) is 0 Å². The molecule has 7 rings (SSSR count). The summed E-state index contributed by atoms with van der Waals surface area (Å²) in [5.74, 6) is -9.08. The number of carbonyl (C=O) groups is 4. The van der Waals surface area contributed by atoms with Gasteiger partial charge in [-0.15, -0.1) is 0 Å². The lowest BCUT2D eigenvalue weighted by Crippen LogP contribution is -2.61. The molecule has 15 heteroatoms. The molecule has 296 valence electrons. The highest BCUT2D eigenvalue weighted by molar-refractivity contribution is 6.43. The fourth-order valence-corrected chi connectivity index (χ4v) is 7.82. The molecule has 4 N–H and O–H groups in total. The van der Waals surface area contributed by atoms with Crippen molar-refractivity contribution >= 4 is 45.9 Å². The first kappa shape index (κ1) is 40.6. The normalized spacial score (nSPS) is 20.2. The average molecular weight is 800 g/mol. The van der Waals surface area contributed by atoms with Gasteiger partial charge in [0.25, 0.3) is 11.8 Å². The Kier molecular flexibility index (Phi) is 12.0. The zero-order valence-corrected chi connectivity index (χ0v) is 30.7. The van der Waals surface area contributed by atoms with Gasteiger partial charge in [-0.3, -0.25) is 14.4 Å². The van der Waals surface area contributed by atoms with Gasteiger partial charge < -0.3 is 25.8 Å². The van der Waals surface area contributed by atoms with Crippen molar-refractivity contribution in [1.29, 1.82) is 0 Å². The van der Waals surface area contributed by atoms with Gasteiger partial charge in [-0.1, -0.05) is 66.2 Å². The molecule has 2 heterocycles. The molecule has 0 spiro atoms. The van der Waals surface area contributed by atoms with Gasteiger partial charge in [0.15, 0.2) is 6.04 Å². The molecule has 1 aliphatic carbocycles. The summed E-state index contributed by atoms with van der Waals surface area (Å²) < 4.78 is 70.9. The fourth-order valence-electron chi connectivity index (χ4n) is 7.69. The number of amides is 2. The summed E-state index contributed by atoms with van der Waals surface area (Å²) in [6.07, 6.45) is 1.72. The molecule has 2 unspecified atom stereocenters. The summed E-state index contributed by atoms with van der Waals surface area (Å²) in [7, 11) is 0. The van der Waals surface area contributed by atoms with E-state index in [0.717, 1.165) is 42.4 Å². The van der Waals surface area contributed by atoms with Crippen LogP contribution >= 0.6 is 11.6 Å². The summed E-state index contributed by atoms with van der Waals surface area (Å²) in [5.41, 5.74) is 7.22. The van der Waals surface area contributed by atoms with Gasteiger partial charge in [-0.25, -0.2) is 4.79 Å². The Morgan fingerprint density at radius 1 is 0.786 bits per heavy atom. The number of ether oxygens (including phenoxy) is 1. The Morgan fingerprint density at radius 2 is 1.32 bits per heavy atom. The highest BCUT2D eigenvalue weighted by atomic mass is 35.5. The van der Waals surface area contributed by atoms with E-state index in [1.807, 2.05) is 12.1 Å². The molecule has 4 aromatic rings. The van der Waals surface area contributed by atoms with E-state index in [4.69, 9.17) is 32.0 Å². The zero-order valence-electron chi connectivity index (χ0n) is 29.9. The molecule has 9 nitrogen and oxygen atoms in total. The number of ketones is 1. The second kappa shape index (κ2) is 16.6.